The van der Waals surface area contributed by atoms with E-state index in [1.54, 1.807) is 5.43 Å². The van der Waals surface area contributed by atoms with Gasteiger partial charge in [0.25, 0.3) is 0 Å². The molecule has 0 aromatic carbocycles. The van der Waals surface area contributed by atoms with Crippen molar-refractivity contribution in [2.24, 2.45) is 11.8 Å². The van der Waals surface area contributed by atoms with E-state index in [0.29, 0.717) is 0 Å². The summed E-state index contributed by atoms with van der Waals surface area (Å²) in [5.74, 6) is 0.848. The van der Waals surface area contributed by atoms with Crippen molar-refractivity contribution in [2.45, 2.75) is 19.3 Å². The first-order valence-electron chi connectivity index (χ1n) is 3.91. The van der Waals surface area contributed by atoms with Crippen LogP contribution in [0.1, 0.15) is 19.3 Å². The summed E-state index contributed by atoms with van der Waals surface area (Å²) < 4.78 is 0. The molecule has 1 amide bonds. The van der Waals surface area contributed by atoms with Gasteiger partial charge in [0.15, 0.2) is 0 Å². The van der Waals surface area contributed by atoms with E-state index in [-0.39, 0.29) is 19.3 Å². The first-order chi connectivity index (χ1) is 6.47. The van der Waals surface area contributed by atoms with Crippen LogP contribution in [0.25, 0.3) is 0 Å². The molecule has 80 valence electrons. The van der Waals surface area contributed by atoms with Gasteiger partial charge in [-0.3, -0.25) is 19.8 Å². The van der Waals surface area contributed by atoms with Gasteiger partial charge in [-0.1, -0.05) is 0 Å². The zero-order valence-electron chi connectivity index (χ0n) is 7.40. The van der Waals surface area contributed by atoms with Crippen molar-refractivity contribution < 1.29 is 24.6 Å². The highest BCUT2D eigenvalue weighted by molar-refractivity contribution is 5.82. The molecule has 5 N–H and O–H groups in total. The number of nitrogens with two attached hydrogens (primary N) is 1. The number of hydrogen-bond acceptors (Lipinski definition) is 4. The summed E-state index contributed by atoms with van der Waals surface area (Å²) in [6.45, 7) is 0. The molecule has 0 radical (unpaired) electrons. The maximum absolute atomic E-state index is 10.7. The summed E-state index contributed by atoms with van der Waals surface area (Å²) in [6, 6.07) is 0. The van der Waals surface area contributed by atoms with Crippen LogP contribution in [-0.2, 0) is 14.4 Å². The van der Waals surface area contributed by atoms with Gasteiger partial charge < -0.3 is 10.2 Å². The Morgan fingerprint density at radius 3 is 2.21 bits per heavy atom. The highest BCUT2D eigenvalue weighted by Gasteiger charge is 2.21. The number of nitrogens with one attached hydrogen (secondary N) is 1. The van der Waals surface area contributed by atoms with E-state index in [1.807, 2.05) is 0 Å². The Bertz CT molecular complexity index is 240. The minimum atomic E-state index is -1.20. The lowest BCUT2D eigenvalue weighted by atomic mass is 9.99. The second-order valence-corrected chi connectivity index (χ2v) is 2.74. The number of carbonyl (C=O) groups excluding carboxylic acids is 1. The van der Waals surface area contributed by atoms with Gasteiger partial charge in [0, 0.05) is 12.8 Å². The third kappa shape index (κ3) is 5.09. The van der Waals surface area contributed by atoms with Crippen LogP contribution in [0.2, 0.25) is 0 Å². The quantitative estimate of drug-likeness (QED) is 0.247. The average molecular weight is 204 g/mol. The minimum Gasteiger partial charge on any atom is -0.481 e. The number of hydrogen-bond donors (Lipinski definition) is 4. The summed E-state index contributed by atoms with van der Waals surface area (Å²) in [7, 11) is 0. The first-order valence-corrected chi connectivity index (χ1v) is 3.91. The molecule has 0 aromatic heterocycles. The average Bonchev–Trinajstić information content (AvgIpc) is 2.10. The van der Waals surface area contributed by atoms with Crippen LogP contribution in [0.15, 0.2) is 0 Å². The van der Waals surface area contributed by atoms with Gasteiger partial charge in [-0.05, 0) is 6.42 Å². The van der Waals surface area contributed by atoms with E-state index in [4.69, 9.17) is 16.1 Å². The van der Waals surface area contributed by atoms with Gasteiger partial charge in [-0.15, -0.1) is 0 Å². The Balaban J connectivity index is 4.09. The summed E-state index contributed by atoms with van der Waals surface area (Å²) in [6.07, 6.45) is -0.675. The summed E-state index contributed by atoms with van der Waals surface area (Å²) >= 11 is 0. The number of amides is 1. The second-order valence-electron chi connectivity index (χ2n) is 2.74. The lowest BCUT2D eigenvalue weighted by molar-refractivity contribution is -0.145. The molecule has 7 heteroatoms. The maximum Gasteiger partial charge on any atom is 0.307 e. The van der Waals surface area contributed by atoms with Crippen molar-refractivity contribution >= 4 is 17.8 Å². The smallest absolute Gasteiger partial charge is 0.307 e. The molecule has 0 bridgehead atoms. The molecule has 0 heterocycles. The monoisotopic (exact) mass is 204 g/mol. The largest absolute Gasteiger partial charge is 0.481 e. The molecule has 0 fully saturated rings. The molecule has 0 aliphatic rings. The minimum absolute atomic E-state index is 0.0852. The molecular formula is C7H12N2O5. The fraction of sp³-hybridized carbons (Fsp3) is 0.571. The Labute approximate surface area is 79.9 Å². The number of rotatable bonds is 6. The zero-order valence-corrected chi connectivity index (χ0v) is 7.40. The Morgan fingerprint density at radius 1 is 1.29 bits per heavy atom. The van der Waals surface area contributed by atoms with Crippen molar-refractivity contribution in [1.82, 2.24) is 5.43 Å². The van der Waals surface area contributed by atoms with Gasteiger partial charge in [0.1, 0.15) is 0 Å². The molecule has 0 aromatic rings. The molecule has 7 nitrogen and oxygen atoms in total. The van der Waals surface area contributed by atoms with Gasteiger partial charge in [-0.2, -0.15) is 0 Å². The molecule has 0 aliphatic carbocycles. The van der Waals surface area contributed by atoms with E-state index in [9.17, 15) is 14.4 Å². The molecule has 0 saturated carbocycles. The number of hydrazine groups is 1. The highest BCUT2D eigenvalue weighted by atomic mass is 16.4. The van der Waals surface area contributed by atoms with E-state index in [2.05, 4.69) is 0 Å². The van der Waals surface area contributed by atoms with Crippen LogP contribution in [0, 0.1) is 5.92 Å². The fourth-order valence-corrected chi connectivity index (χ4v) is 0.893. The third-order valence-corrected chi connectivity index (χ3v) is 1.65. The van der Waals surface area contributed by atoms with E-state index < -0.39 is 23.8 Å². The zero-order chi connectivity index (χ0) is 11.1. The predicted molar refractivity (Wildman–Crippen MR) is 44.9 cm³/mol. The standard InChI is InChI=1S/C7H12N2O5/c8-9-5(10)3-4(7(13)14)1-2-6(11)12/h4H,1-3,8H2,(H,9,10)(H,11,12)(H,13,14). The Hall–Kier alpha value is -1.63. The fourth-order valence-electron chi connectivity index (χ4n) is 0.893. The maximum atomic E-state index is 10.7. The van der Waals surface area contributed by atoms with Crippen molar-refractivity contribution in [3.05, 3.63) is 0 Å². The highest BCUT2D eigenvalue weighted by Crippen LogP contribution is 2.11. The number of carboxylic acids is 2. The topological polar surface area (TPSA) is 130 Å². The number of aliphatic carboxylic acids is 2. The lowest BCUT2D eigenvalue weighted by Gasteiger charge is -2.08. The van der Waals surface area contributed by atoms with E-state index >= 15 is 0 Å². The molecule has 0 rings (SSSR count). The number of carboxylic acid groups (broad SMARTS) is 2. The van der Waals surface area contributed by atoms with Crippen molar-refractivity contribution in [2.75, 3.05) is 0 Å². The first kappa shape index (κ1) is 12.4. The lowest BCUT2D eigenvalue weighted by Crippen LogP contribution is -2.33. The third-order valence-electron chi connectivity index (χ3n) is 1.65. The molecular weight excluding hydrogens is 192 g/mol. The summed E-state index contributed by atoms with van der Waals surface area (Å²) in [5.41, 5.74) is 1.79. The Kier molecular flexibility index (Phi) is 5.23. The van der Waals surface area contributed by atoms with Crippen molar-refractivity contribution in [3.63, 3.8) is 0 Å². The van der Waals surface area contributed by atoms with Crippen LogP contribution >= 0.6 is 0 Å². The second kappa shape index (κ2) is 5.92. The van der Waals surface area contributed by atoms with E-state index in [0.717, 1.165) is 0 Å². The molecule has 0 saturated heterocycles. The van der Waals surface area contributed by atoms with Gasteiger partial charge >= 0.3 is 11.9 Å². The molecule has 1 atom stereocenters. The van der Waals surface area contributed by atoms with Crippen LogP contribution < -0.4 is 11.3 Å². The van der Waals surface area contributed by atoms with Crippen LogP contribution in [-0.4, -0.2) is 28.1 Å². The Morgan fingerprint density at radius 2 is 1.86 bits per heavy atom. The number of carbonyl (C=O) groups is 3. The normalized spacial score (nSPS) is 11.8. The van der Waals surface area contributed by atoms with E-state index in [1.165, 1.54) is 0 Å². The van der Waals surface area contributed by atoms with Crippen LogP contribution in [0.3, 0.4) is 0 Å². The SMILES string of the molecule is NNC(=O)CC(CCC(=O)O)C(=O)O. The van der Waals surface area contributed by atoms with Crippen molar-refractivity contribution in [3.8, 4) is 0 Å². The summed E-state index contributed by atoms with van der Waals surface area (Å²) in [4.78, 5) is 31.4. The molecule has 14 heavy (non-hydrogen) atoms. The van der Waals surface area contributed by atoms with Gasteiger partial charge in [0.05, 0.1) is 5.92 Å². The van der Waals surface area contributed by atoms with Gasteiger partial charge in [-0.25, -0.2) is 5.84 Å². The van der Waals surface area contributed by atoms with Gasteiger partial charge in [0.2, 0.25) is 5.91 Å². The molecule has 1 unspecified atom stereocenters. The molecule has 0 spiro atoms. The predicted octanol–water partition coefficient (Wildman–Crippen LogP) is -1.07. The van der Waals surface area contributed by atoms with Crippen LogP contribution in [0.5, 0.6) is 0 Å². The van der Waals surface area contributed by atoms with Crippen molar-refractivity contribution in [1.29, 1.82) is 0 Å². The van der Waals surface area contributed by atoms with Crippen LogP contribution in [0.4, 0.5) is 0 Å². The molecule has 0 aliphatic heterocycles. The summed E-state index contributed by atoms with van der Waals surface area (Å²) in [5, 5.41) is 16.9.